The van der Waals surface area contributed by atoms with Crippen LogP contribution in [0.25, 0.3) is 0 Å². The van der Waals surface area contributed by atoms with Gasteiger partial charge in [0.05, 0.1) is 7.11 Å². The number of methoxy groups -OCH3 is 1. The number of thioether (sulfide) groups is 1. The molecule has 0 aromatic carbocycles. The highest BCUT2D eigenvalue weighted by molar-refractivity contribution is 8.00. The van der Waals surface area contributed by atoms with E-state index >= 15 is 0 Å². The van der Waals surface area contributed by atoms with E-state index in [1.807, 2.05) is 7.05 Å². The Balaban J connectivity index is 1.65. The van der Waals surface area contributed by atoms with Gasteiger partial charge in [0.2, 0.25) is 0 Å². The van der Waals surface area contributed by atoms with Gasteiger partial charge in [0.25, 0.3) is 0 Å². The van der Waals surface area contributed by atoms with Crippen molar-refractivity contribution in [3.05, 3.63) is 0 Å². The molecule has 0 atom stereocenters. The average molecular weight is 370 g/mol. The van der Waals surface area contributed by atoms with E-state index < -0.39 is 0 Å². The molecule has 2 rings (SSSR count). The Hall–Kier alpha value is -0.910. The summed E-state index contributed by atoms with van der Waals surface area (Å²) in [4.78, 5) is 18.1. The fourth-order valence-electron chi connectivity index (χ4n) is 3.91. The van der Waals surface area contributed by atoms with Crippen molar-refractivity contribution in [1.82, 2.24) is 10.2 Å². The van der Waals surface area contributed by atoms with Crippen molar-refractivity contribution in [3.63, 3.8) is 0 Å². The Kier molecular flexibility index (Phi) is 8.93. The number of carbonyl (C=O) groups is 1. The number of nitrogens with zero attached hydrogens (tertiary/aromatic N) is 2. The van der Waals surface area contributed by atoms with Crippen LogP contribution in [0.3, 0.4) is 0 Å². The number of aliphatic imine (C=N–C) groups is 1. The number of esters is 1. The second-order valence-electron chi connectivity index (χ2n) is 7.23. The zero-order chi connectivity index (χ0) is 18.0. The predicted octanol–water partition coefficient (Wildman–Crippen LogP) is 3.44. The van der Waals surface area contributed by atoms with Gasteiger partial charge >= 0.3 is 5.97 Å². The summed E-state index contributed by atoms with van der Waals surface area (Å²) in [5.74, 6) is 2.19. The molecule has 0 bridgehead atoms. The quantitative estimate of drug-likeness (QED) is 0.322. The van der Waals surface area contributed by atoms with Crippen LogP contribution in [0, 0.1) is 0 Å². The first kappa shape index (κ1) is 20.4. The number of nitrogens with one attached hydrogen (secondary N) is 1. The minimum absolute atomic E-state index is 0.0989. The van der Waals surface area contributed by atoms with Gasteiger partial charge < -0.3 is 15.0 Å². The Labute approximate surface area is 157 Å². The molecule has 0 radical (unpaired) electrons. The molecule has 6 heteroatoms. The molecule has 1 aliphatic heterocycles. The highest BCUT2D eigenvalue weighted by atomic mass is 32.2. The van der Waals surface area contributed by atoms with E-state index in [1.54, 1.807) is 0 Å². The minimum Gasteiger partial charge on any atom is -0.469 e. The highest BCUT2D eigenvalue weighted by Crippen LogP contribution is 2.42. The third-order valence-electron chi connectivity index (χ3n) is 5.34. The van der Waals surface area contributed by atoms with E-state index in [4.69, 9.17) is 0 Å². The largest absolute Gasteiger partial charge is 0.469 e. The number of hydrogen-bond donors (Lipinski definition) is 1. The molecule has 5 nitrogen and oxygen atoms in total. The molecule has 1 N–H and O–H groups in total. The van der Waals surface area contributed by atoms with Gasteiger partial charge in [0.15, 0.2) is 5.96 Å². The topological polar surface area (TPSA) is 53.9 Å². The molecule has 1 saturated carbocycles. The zero-order valence-corrected chi connectivity index (χ0v) is 16.8. The van der Waals surface area contributed by atoms with Crippen LogP contribution in [0.15, 0.2) is 4.99 Å². The van der Waals surface area contributed by atoms with Crippen LogP contribution in [0.2, 0.25) is 0 Å². The molecular weight excluding hydrogens is 334 g/mol. The molecule has 0 aromatic rings. The first-order valence-corrected chi connectivity index (χ1v) is 10.8. The fourth-order valence-corrected chi connectivity index (χ4v) is 5.48. The van der Waals surface area contributed by atoms with Crippen molar-refractivity contribution in [2.75, 3.05) is 39.5 Å². The number of carbonyl (C=O) groups excluding carboxylic acids is 1. The van der Waals surface area contributed by atoms with Gasteiger partial charge in [-0.2, -0.15) is 11.8 Å². The summed E-state index contributed by atoms with van der Waals surface area (Å²) < 4.78 is 5.14. The molecular formula is C19H35N3O2S. The van der Waals surface area contributed by atoms with Crippen molar-refractivity contribution >= 4 is 23.7 Å². The zero-order valence-electron chi connectivity index (χ0n) is 16.0. The lowest BCUT2D eigenvalue weighted by molar-refractivity contribution is -0.140. The van der Waals surface area contributed by atoms with Crippen LogP contribution in [0.4, 0.5) is 0 Å². The van der Waals surface area contributed by atoms with Crippen molar-refractivity contribution in [2.24, 2.45) is 4.99 Å². The van der Waals surface area contributed by atoms with Gasteiger partial charge in [-0.15, -0.1) is 0 Å². The standard InChI is InChI=1S/C19H35N3O2S/c1-20-18(21-13-9-4-3-6-10-17(23)24-2)22-14-15-25-19(16-22)11-7-5-8-12-19/h3-16H2,1-2H3,(H,20,21). The predicted molar refractivity (Wildman–Crippen MR) is 106 cm³/mol. The van der Waals surface area contributed by atoms with Crippen molar-refractivity contribution < 1.29 is 9.53 Å². The van der Waals surface area contributed by atoms with Gasteiger partial charge in [-0.1, -0.05) is 32.1 Å². The number of ether oxygens (including phenoxy) is 1. The lowest BCUT2D eigenvalue weighted by Crippen LogP contribution is -2.53. The normalized spacial score (nSPS) is 20.6. The number of rotatable bonds is 7. The number of unbranched alkanes of at least 4 members (excludes halogenated alkanes) is 3. The summed E-state index contributed by atoms with van der Waals surface area (Å²) in [6.45, 7) is 3.21. The molecule has 0 aromatic heterocycles. The maximum Gasteiger partial charge on any atom is 0.305 e. The SMILES string of the molecule is CN=C(NCCCCCCC(=O)OC)N1CCSC2(CCCCC2)C1. The van der Waals surface area contributed by atoms with Crippen LogP contribution in [0.1, 0.15) is 64.2 Å². The Morgan fingerprint density at radius 3 is 2.68 bits per heavy atom. The summed E-state index contributed by atoms with van der Waals surface area (Å²) in [7, 11) is 3.35. The van der Waals surface area contributed by atoms with Crippen LogP contribution in [-0.4, -0.2) is 61.1 Å². The lowest BCUT2D eigenvalue weighted by atomic mass is 9.87. The van der Waals surface area contributed by atoms with E-state index in [-0.39, 0.29) is 5.97 Å². The van der Waals surface area contributed by atoms with Gasteiger partial charge in [-0.3, -0.25) is 9.79 Å². The molecule has 25 heavy (non-hydrogen) atoms. The molecule has 1 spiro atoms. The van der Waals surface area contributed by atoms with Crippen molar-refractivity contribution in [2.45, 2.75) is 69.0 Å². The second kappa shape index (κ2) is 10.9. The maximum atomic E-state index is 11.1. The number of hydrogen-bond acceptors (Lipinski definition) is 4. The van der Waals surface area contributed by atoms with Crippen LogP contribution in [-0.2, 0) is 9.53 Å². The van der Waals surface area contributed by atoms with E-state index in [2.05, 4.69) is 31.7 Å². The van der Waals surface area contributed by atoms with Gasteiger partial charge in [-0.25, -0.2) is 0 Å². The van der Waals surface area contributed by atoms with E-state index in [0.717, 1.165) is 51.3 Å². The van der Waals surface area contributed by atoms with Crippen molar-refractivity contribution in [1.29, 1.82) is 0 Å². The van der Waals surface area contributed by atoms with Crippen LogP contribution < -0.4 is 5.32 Å². The summed E-state index contributed by atoms with van der Waals surface area (Å²) in [5, 5.41) is 3.55. The second-order valence-corrected chi connectivity index (χ2v) is 8.79. The molecule has 1 heterocycles. The highest BCUT2D eigenvalue weighted by Gasteiger charge is 2.38. The average Bonchev–Trinajstić information content (AvgIpc) is 2.64. The molecule has 1 saturated heterocycles. The van der Waals surface area contributed by atoms with Gasteiger partial charge in [0, 0.05) is 43.6 Å². The monoisotopic (exact) mass is 369 g/mol. The molecule has 2 fully saturated rings. The lowest BCUT2D eigenvalue weighted by Gasteiger charge is -2.45. The summed E-state index contributed by atoms with van der Waals surface area (Å²) in [5.41, 5.74) is 0. The summed E-state index contributed by atoms with van der Waals surface area (Å²) in [6.07, 6.45) is 11.7. The smallest absolute Gasteiger partial charge is 0.305 e. The first-order chi connectivity index (χ1) is 12.2. The van der Waals surface area contributed by atoms with E-state index in [0.29, 0.717) is 11.2 Å². The minimum atomic E-state index is -0.0989. The summed E-state index contributed by atoms with van der Waals surface area (Å²) in [6, 6.07) is 0. The maximum absolute atomic E-state index is 11.1. The first-order valence-electron chi connectivity index (χ1n) is 9.85. The van der Waals surface area contributed by atoms with Gasteiger partial charge in [0.1, 0.15) is 0 Å². The molecule has 1 aliphatic carbocycles. The third kappa shape index (κ3) is 6.72. The molecule has 0 unspecified atom stereocenters. The van der Waals surface area contributed by atoms with E-state index in [1.165, 1.54) is 45.0 Å². The Morgan fingerprint density at radius 2 is 1.96 bits per heavy atom. The third-order valence-corrected chi connectivity index (χ3v) is 6.88. The Morgan fingerprint density at radius 1 is 1.20 bits per heavy atom. The van der Waals surface area contributed by atoms with Crippen molar-refractivity contribution in [3.8, 4) is 0 Å². The van der Waals surface area contributed by atoms with Gasteiger partial charge in [-0.05, 0) is 25.7 Å². The molecule has 0 amide bonds. The molecule has 2 aliphatic rings. The fraction of sp³-hybridized carbons (Fsp3) is 0.895. The van der Waals surface area contributed by atoms with E-state index in [9.17, 15) is 4.79 Å². The Bertz CT molecular complexity index is 431. The van der Waals surface area contributed by atoms with Crippen LogP contribution in [0.5, 0.6) is 0 Å². The summed E-state index contributed by atoms with van der Waals surface area (Å²) >= 11 is 2.20. The molecule has 144 valence electrons. The van der Waals surface area contributed by atoms with Crippen LogP contribution >= 0.6 is 11.8 Å². The number of guanidine groups is 1.